The van der Waals surface area contributed by atoms with Gasteiger partial charge in [-0.2, -0.15) is 0 Å². The first kappa shape index (κ1) is 14.7. The summed E-state index contributed by atoms with van der Waals surface area (Å²) < 4.78 is 0. The van der Waals surface area contributed by atoms with E-state index >= 15 is 0 Å². The van der Waals surface area contributed by atoms with Crippen LogP contribution in [0.5, 0.6) is 0 Å². The van der Waals surface area contributed by atoms with Crippen LogP contribution >= 0.6 is 0 Å². The minimum Gasteiger partial charge on any atom is -0.305 e. The molecule has 2 rings (SSSR count). The predicted octanol–water partition coefficient (Wildman–Crippen LogP) is 3.67. The monoisotopic (exact) mass is 269 g/mol. The van der Waals surface area contributed by atoms with Gasteiger partial charge >= 0.3 is 0 Å². The van der Waals surface area contributed by atoms with E-state index < -0.39 is 0 Å². The maximum Gasteiger partial charge on any atom is 0.115 e. The van der Waals surface area contributed by atoms with E-state index in [1.54, 1.807) is 12.5 Å². The molecule has 2 aromatic rings. The third-order valence-electron chi connectivity index (χ3n) is 3.53. The summed E-state index contributed by atoms with van der Waals surface area (Å²) in [6.45, 7) is 5.18. The molecule has 20 heavy (non-hydrogen) atoms. The number of nitrogens with zero attached hydrogens (tertiary/aromatic N) is 2. The lowest BCUT2D eigenvalue weighted by Gasteiger charge is -2.14. The summed E-state index contributed by atoms with van der Waals surface area (Å²) in [4.78, 5) is 8.14. The number of aromatic nitrogens is 2. The first-order chi connectivity index (χ1) is 9.79. The largest absolute Gasteiger partial charge is 0.305 e. The Bertz CT molecular complexity index is 493. The van der Waals surface area contributed by atoms with Gasteiger partial charge < -0.3 is 5.32 Å². The molecule has 0 spiro atoms. The van der Waals surface area contributed by atoms with Crippen molar-refractivity contribution in [2.45, 2.75) is 45.7 Å². The van der Waals surface area contributed by atoms with E-state index in [1.165, 1.54) is 30.4 Å². The van der Waals surface area contributed by atoms with Gasteiger partial charge in [-0.1, -0.05) is 37.6 Å². The number of aryl methyl sites for hydroxylation is 1. The van der Waals surface area contributed by atoms with Crippen molar-refractivity contribution in [1.82, 2.24) is 15.3 Å². The van der Waals surface area contributed by atoms with Crippen LogP contribution in [0.15, 0.2) is 42.9 Å². The zero-order valence-electron chi connectivity index (χ0n) is 12.3. The second kappa shape index (κ2) is 7.75. The quantitative estimate of drug-likeness (QED) is 0.833. The van der Waals surface area contributed by atoms with Crippen LogP contribution in [0.3, 0.4) is 0 Å². The molecule has 0 saturated heterocycles. The topological polar surface area (TPSA) is 37.8 Å². The van der Waals surface area contributed by atoms with Gasteiger partial charge in [-0.25, -0.2) is 9.97 Å². The van der Waals surface area contributed by atoms with E-state index in [-0.39, 0.29) is 0 Å². The Labute approximate surface area is 121 Å². The van der Waals surface area contributed by atoms with Gasteiger partial charge in [0.2, 0.25) is 0 Å². The molecular formula is C17H23N3. The minimum absolute atomic E-state index is 0.324. The van der Waals surface area contributed by atoms with E-state index in [1.807, 2.05) is 6.07 Å². The summed E-state index contributed by atoms with van der Waals surface area (Å²) >= 11 is 0. The molecule has 106 valence electrons. The van der Waals surface area contributed by atoms with Gasteiger partial charge in [0.25, 0.3) is 0 Å². The fraction of sp³-hybridized carbons (Fsp3) is 0.412. The Kier molecular flexibility index (Phi) is 5.69. The van der Waals surface area contributed by atoms with E-state index in [4.69, 9.17) is 0 Å². The molecule has 0 saturated carbocycles. The third kappa shape index (κ3) is 4.42. The molecule has 1 aromatic carbocycles. The molecule has 0 amide bonds. The van der Waals surface area contributed by atoms with Crippen LogP contribution in [0.25, 0.3) is 0 Å². The highest BCUT2D eigenvalue weighted by Crippen LogP contribution is 2.15. The zero-order chi connectivity index (χ0) is 14.2. The minimum atomic E-state index is 0.324. The van der Waals surface area contributed by atoms with Gasteiger partial charge in [0.05, 0.1) is 5.69 Å². The highest BCUT2D eigenvalue weighted by Gasteiger charge is 2.05. The first-order valence-corrected chi connectivity index (χ1v) is 7.36. The van der Waals surface area contributed by atoms with Crippen LogP contribution in [0.2, 0.25) is 0 Å². The molecule has 1 atom stereocenters. The molecule has 0 bridgehead atoms. The number of hydrogen-bond donors (Lipinski definition) is 1. The summed E-state index contributed by atoms with van der Waals surface area (Å²) in [6.07, 6.45) is 7.06. The van der Waals surface area contributed by atoms with Crippen molar-refractivity contribution in [2.75, 3.05) is 0 Å². The first-order valence-electron chi connectivity index (χ1n) is 7.36. The molecule has 0 aliphatic heterocycles. The highest BCUT2D eigenvalue weighted by molar-refractivity contribution is 5.24. The van der Waals surface area contributed by atoms with Crippen molar-refractivity contribution in [1.29, 1.82) is 0 Å². The second-order valence-corrected chi connectivity index (χ2v) is 5.15. The van der Waals surface area contributed by atoms with Crippen molar-refractivity contribution < 1.29 is 0 Å². The lowest BCUT2D eigenvalue weighted by molar-refractivity contribution is 0.567. The zero-order valence-corrected chi connectivity index (χ0v) is 12.3. The van der Waals surface area contributed by atoms with E-state index in [9.17, 15) is 0 Å². The average molecular weight is 269 g/mol. The molecule has 1 N–H and O–H groups in total. The van der Waals surface area contributed by atoms with Gasteiger partial charge in [-0.3, -0.25) is 0 Å². The molecule has 0 aliphatic carbocycles. The maximum atomic E-state index is 4.22. The van der Waals surface area contributed by atoms with E-state index in [2.05, 4.69) is 53.4 Å². The number of rotatable bonds is 7. The van der Waals surface area contributed by atoms with Crippen molar-refractivity contribution >= 4 is 0 Å². The normalized spacial score (nSPS) is 12.3. The number of nitrogens with one attached hydrogen (secondary N) is 1. The Morgan fingerprint density at radius 2 is 1.95 bits per heavy atom. The molecule has 3 nitrogen and oxygen atoms in total. The lowest BCUT2D eigenvalue weighted by Crippen LogP contribution is -2.18. The van der Waals surface area contributed by atoms with Gasteiger partial charge in [-0.15, -0.1) is 0 Å². The fourth-order valence-electron chi connectivity index (χ4n) is 2.15. The van der Waals surface area contributed by atoms with Crippen molar-refractivity contribution in [3.05, 3.63) is 59.7 Å². The van der Waals surface area contributed by atoms with Crippen molar-refractivity contribution in [3.8, 4) is 0 Å². The van der Waals surface area contributed by atoms with Crippen LogP contribution in [0.4, 0.5) is 0 Å². The summed E-state index contributed by atoms with van der Waals surface area (Å²) in [5, 5.41) is 3.49. The van der Waals surface area contributed by atoms with Crippen LogP contribution in [0.1, 0.15) is 49.6 Å². The maximum absolute atomic E-state index is 4.22. The molecule has 0 aliphatic rings. The standard InChI is InChI=1S/C17H23N3/c1-3-4-5-15-6-8-16(9-7-15)14(2)19-12-17-10-11-18-13-20-17/h6-11,13-14,19H,3-5,12H2,1-2H3. The number of unbranched alkanes of at least 4 members (excludes halogenated alkanes) is 1. The Morgan fingerprint density at radius 1 is 1.15 bits per heavy atom. The highest BCUT2D eigenvalue weighted by atomic mass is 14.9. The fourth-order valence-corrected chi connectivity index (χ4v) is 2.15. The molecule has 1 heterocycles. The summed E-state index contributed by atoms with van der Waals surface area (Å²) in [5.41, 5.74) is 3.77. The molecule has 3 heteroatoms. The van der Waals surface area contributed by atoms with Crippen molar-refractivity contribution in [3.63, 3.8) is 0 Å². The molecule has 0 radical (unpaired) electrons. The SMILES string of the molecule is CCCCc1ccc(C(C)NCc2ccncn2)cc1. The van der Waals surface area contributed by atoms with Gasteiger partial charge in [0.1, 0.15) is 6.33 Å². The van der Waals surface area contributed by atoms with E-state index in [0.29, 0.717) is 6.04 Å². The van der Waals surface area contributed by atoms with Gasteiger partial charge in [-0.05, 0) is 37.0 Å². The van der Waals surface area contributed by atoms with Crippen LogP contribution in [0, 0.1) is 0 Å². The summed E-state index contributed by atoms with van der Waals surface area (Å²) in [5.74, 6) is 0. The summed E-state index contributed by atoms with van der Waals surface area (Å²) in [6, 6.07) is 11.2. The van der Waals surface area contributed by atoms with Crippen molar-refractivity contribution in [2.24, 2.45) is 0 Å². The molecule has 1 aromatic heterocycles. The van der Waals surface area contributed by atoms with Crippen LogP contribution in [-0.4, -0.2) is 9.97 Å². The van der Waals surface area contributed by atoms with Crippen LogP contribution < -0.4 is 5.32 Å². The molecular weight excluding hydrogens is 246 g/mol. The summed E-state index contributed by atoms with van der Waals surface area (Å²) in [7, 11) is 0. The van der Waals surface area contributed by atoms with Crippen LogP contribution in [-0.2, 0) is 13.0 Å². The predicted molar refractivity (Wildman–Crippen MR) is 82.3 cm³/mol. The Hall–Kier alpha value is -1.74. The van der Waals surface area contributed by atoms with E-state index in [0.717, 1.165) is 12.2 Å². The second-order valence-electron chi connectivity index (χ2n) is 5.15. The molecule has 1 unspecified atom stereocenters. The Morgan fingerprint density at radius 3 is 2.60 bits per heavy atom. The Balaban J connectivity index is 1.87. The smallest absolute Gasteiger partial charge is 0.115 e. The lowest BCUT2D eigenvalue weighted by atomic mass is 10.0. The van der Waals surface area contributed by atoms with Gasteiger partial charge in [0.15, 0.2) is 0 Å². The number of hydrogen-bond acceptors (Lipinski definition) is 3. The average Bonchev–Trinajstić information content (AvgIpc) is 2.52. The number of benzene rings is 1. The van der Waals surface area contributed by atoms with Gasteiger partial charge in [0, 0.05) is 18.8 Å². The third-order valence-corrected chi connectivity index (χ3v) is 3.53. The molecule has 0 fully saturated rings.